The number of esters is 1. The minimum atomic E-state index is -1.03. The molecule has 0 aliphatic rings. The van der Waals surface area contributed by atoms with Gasteiger partial charge in [-0.15, -0.1) is 0 Å². The van der Waals surface area contributed by atoms with Gasteiger partial charge < -0.3 is 10.1 Å². The maximum Gasteiger partial charge on any atom is 0.326 e. The van der Waals surface area contributed by atoms with E-state index in [9.17, 15) is 14.4 Å². The average Bonchev–Trinajstić information content (AvgIpc) is 2.81. The third-order valence-corrected chi connectivity index (χ3v) is 4.14. The van der Waals surface area contributed by atoms with Gasteiger partial charge in [0.2, 0.25) is 0 Å². The van der Waals surface area contributed by atoms with Gasteiger partial charge in [0.15, 0.2) is 11.3 Å². The van der Waals surface area contributed by atoms with Crippen molar-refractivity contribution >= 4 is 40.5 Å². The lowest BCUT2D eigenvalue weighted by molar-refractivity contribution is -0.153. The summed E-state index contributed by atoms with van der Waals surface area (Å²) >= 11 is 6.84. The number of hydrogen-bond acceptors (Lipinski definition) is 6. The lowest BCUT2D eigenvalue weighted by Crippen LogP contribution is -2.32. The molecule has 0 aromatic carbocycles. The summed E-state index contributed by atoms with van der Waals surface area (Å²) in [6, 6.07) is 3.19. The molecule has 9 heteroatoms. The van der Waals surface area contributed by atoms with E-state index in [0.29, 0.717) is 11.4 Å². The molecule has 1 N–H and O–H groups in total. The Bertz CT molecular complexity index is 786. The smallest absolute Gasteiger partial charge is 0.326 e. The molecule has 0 bridgehead atoms. The second-order valence-electron chi connectivity index (χ2n) is 4.69. The normalized spacial score (nSPS) is 11.8. The fourth-order valence-corrected chi connectivity index (χ4v) is 2.63. The van der Waals surface area contributed by atoms with Gasteiger partial charge in [-0.05, 0) is 26.0 Å². The van der Waals surface area contributed by atoms with Crippen LogP contribution in [0.15, 0.2) is 28.5 Å². The molecule has 0 saturated carbocycles. The second kappa shape index (κ2) is 7.38. The van der Waals surface area contributed by atoms with E-state index in [-0.39, 0.29) is 16.6 Å². The Kier molecular flexibility index (Phi) is 5.51. The Balaban J connectivity index is 1.94. The first-order valence-corrected chi connectivity index (χ1v) is 7.90. The lowest BCUT2D eigenvalue weighted by Gasteiger charge is -2.14. The summed E-state index contributed by atoms with van der Waals surface area (Å²) < 4.78 is 6.33. The Morgan fingerprint density at radius 2 is 2.26 bits per heavy atom. The van der Waals surface area contributed by atoms with Gasteiger partial charge in [0.25, 0.3) is 5.91 Å². The van der Waals surface area contributed by atoms with Crippen molar-refractivity contribution in [3.8, 4) is 0 Å². The zero-order valence-corrected chi connectivity index (χ0v) is 14.0. The number of aromatic nitrogens is 2. The number of anilines is 1. The van der Waals surface area contributed by atoms with E-state index in [1.807, 2.05) is 0 Å². The summed E-state index contributed by atoms with van der Waals surface area (Å²) in [4.78, 5) is 39.0. The molecule has 2 heterocycles. The minimum Gasteiger partial charge on any atom is -0.451 e. The predicted octanol–water partition coefficient (Wildman–Crippen LogP) is 1.84. The topological polar surface area (TPSA) is 90.3 Å². The van der Waals surface area contributed by atoms with Crippen molar-refractivity contribution in [2.45, 2.75) is 26.5 Å². The van der Waals surface area contributed by atoms with Crippen molar-refractivity contribution in [2.75, 3.05) is 5.32 Å². The number of aryl methyl sites for hydroxylation is 1. The number of rotatable bonds is 5. The van der Waals surface area contributed by atoms with Crippen LogP contribution in [0.1, 0.15) is 12.6 Å². The molecule has 0 fully saturated rings. The number of carbonyl (C=O) groups excluding carboxylic acids is 2. The van der Waals surface area contributed by atoms with Crippen LogP contribution in [-0.4, -0.2) is 27.5 Å². The van der Waals surface area contributed by atoms with Crippen LogP contribution in [0.4, 0.5) is 5.69 Å². The number of carbonyl (C=O) groups is 2. The molecular weight excluding hydrogens is 342 g/mol. The number of hydrogen-bond donors (Lipinski definition) is 1. The molecule has 0 radical (unpaired) electrons. The van der Waals surface area contributed by atoms with Crippen LogP contribution in [-0.2, 0) is 20.9 Å². The highest BCUT2D eigenvalue weighted by Gasteiger charge is 2.20. The zero-order chi connectivity index (χ0) is 17.0. The van der Waals surface area contributed by atoms with Crippen LogP contribution in [0, 0.1) is 6.92 Å². The van der Waals surface area contributed by atoms with Gasteiger partial charge in [-0.3, -0.25) is 19.0 Å². The summed E-state index contributed by atoms with van der Waals surface area (Å²) in [6.45, 7) is 2.91. The van der Waals surface area contributed by atoms with E-state index in [0.717, 1.165) is 11.3 Å². The van der Waals surface area contributed by atoms with Gasteiger partial charge in [-0.25, -0.2) is 4.98 Å². The predicted molar refractivity (Wildman–Crippen MR) is 86.7 cm³/mol. The zero-order valence-electron chi connectivity index (χ0n) is 12.4. The third kappa shape index (κ3) is 4.40. The van der Waals surface area contributed by atoms with Gasteiger partial charge in [0.05, 0.1) is 5.69 Å². The van der Waals surface area contributed by atoms with Crippen molar-refractivity contribution in [3.05, 3.63) is 44.2 Å². The van der Waals surface area contributed by atoms with Crippen molar-refractivity contribution in [1.82, 2.24) is 9.55 Å². The largest absolute Gasteiger partial charge is 0.451 e. The van der Waals surface area contributed by atoms with Crippen LogP contribution in [0.3, 0.4) is 0 Å². The van der Waals surface area contributed by atoms with Crippen LogP contribution in [0.5, 0.6) is 0 Å². The van der Waals surface area contributed by atoms with Gasteiger partial charge in [0, 0.05) is 17.3 Å². The first-order valence-electron chi connectivity index (χ1n) is 6.64. The number of amides is 1. The highest BCUT2D eigenvalue weighted by Crippen LogP contribution is 2.17. The Morgan fingerprint density at radius 1 is 1.52 bits per heavy atom. The molecule has 0 spiro atoms. The standard InChI is InChI=1S/C14H14ClN3O4S/c1-8-7-23-14(21)18(8)6-11(19)22-9(2)13(20)17-10-4-3-5-16-12(10)15/h3-5,7,9H,6H2,1-2H3,(H,17,20)/t9-/m0/s1. The quantitative estimate of drug-likeness (QED) is 0.652. The Morgan fingerprint density at radius 3 is 2.87 bits per heavy atom. The number of pyridine rings is 1. The Labute approximate surface area is 140 Å². The number of nitrogens with zero attached hydrogens (tertiary/aromatic N) is 2. The van der Waals surface area contributed by atoms with E-state index in [1.54, 1.807) is 24.4 Å². The first kappa shape index (κ1) is 17.2. The van der Waals surface area contributed by atoms with Gasteiger partial charge in [0.1, 0.15) is 6.54 Å². The van der Waals surface area contributed by atoms with Crippen molar-refractivity contribution < 1.29 is 14.3 Å². The maximum atomic E-state index is 12.0. The molecule has 0 aliphatic heterocycles. The molecular formula is C14H14ClN3O4S. The van der Waals surface area contributed by atoms with Gasteiger partial charge in [-0.1, -0.05) is 22.9 Å². The van der Waals surface area contributed by atoms with E-state index in [1.165, 1.54) is 17.7 Å². The SMILES string of the molecule is Cc1csc(=O)n1CC(=O)O[C@@H](C)C(=O)Nc1cccnc1Cl. The van der Waals surface area contributed by atoms with E-state index >= 15 is 0 Å². The van der Waals surface area contributed by atoms with Crippen molar-refractivity contribution in [1.29, 1.82) is 0 Å². The molecule has 0 unspecified atom stereocenters. The molecule has 1 atom stereocenters. The lowest BCUT2D eigenvalue weighted by atomic mass is 10.3. The fraction of sp³-hybridized carbons (Fsp3) is 0.286. The van der Waals surface area contributed by atoms with Crippen molar-refractivity contribution in [3.63, 3.8) is 0 Å². The fourth-order valence-electron chi connectivity index (χ4n) is 1.73. The molecule has 23 heavy (non-hydrogen) atoms. The maximum absolute atomic E-state index is 12.0. The van der Waals surface area contributed by atoms with E-state index < -0.39 is 18.0 Å². The molecule has 0 saturated heterocycles. The Hall–Kier alpha value is -2.19. The summed E-state index contributed by atoms with van der Waals surface area (Å²) in [5.74, 6) is -1.21. The molecule has 0 aliphatic carbocycles. The van der Waals surface area contributed by atoms with E-state index in [4.69, 9.17) is 16.3 Å². The average molecular weight is 356 g/mol. The summed E-state index contributed by atoms with van der Waals surface area (Å²) in [7, 11) is 0. The summed E-state index contributed by atoms with van der Waals surface area (Å²) in [5, 5.41) is 4.31. The highest BCUT2D eigenvalue weighted by atomic mass is 35.5. The van der Waals surface area contributed by atoms with Crippen LogP contribution < -0.4 is 10.2 Å². The number of nitrogens with one attached hydrogen (secondary N) is 1. The number of halogens is 1. The summed E-state index contributed by atoms with van der Waals surface area (Å²) in [5.41, 5.74) is 0.989. The first-order chi connectivity index (χ1) is 10.9. The van der Waals surface area contributed by atoms with Crippen LogP contribution >= 0.6 is 22.9 Å². The molecule has 2 aromatic rings. The number of thiazole rings is 1. The molecule has 2 aromatic heterocycles. The highest BCUT2D eigenvalue weighted by molar-refractivity contribution is 7.07. The second-order valence-corrected chi connectivity index (χ2v) is 5.87. The molecule has 7 nitrogen and oxygen atoms in total. The minimum absolute atomic E-state index is 0.139. The van der Waals surface area contributed by atoms with Gasteiger partial charge in [-0.2, -0.15) is 0 Å². The molecule has 122 valence electrons. The molecule has 2 rings (SSSR count). The van der Waals surface area contributed by atoms with E-state index in [2.05, 4.69) is 10.3 Å². The summed E-state index contributed by atoms with van der Waals surface area (Å²) in [6.07, 6.45) is 0.455. The van der Waals surface area contributed by atoms with Crippen LogP contribution in [0.2, 0.25) is 5.15 Å². The monoisotopic (exact) mass is 355 g/mol. The third-order valence-electron chi connectivity index (χ3n) is 2.96. The van der Waals surface area contributed by atoms with Crippen molar-refractivity contribution in [2.24, 2.45) is 0 Å². The number of ether oxygens (including phenoxy) is 1. The van der Waals surface area contributed by atoms with Gasteiger partial charge >= 0.3 is 10.8 Å². The van der Waals surface area contributed by atoms with Crippen LogP contribution in [0.25, 0.3) is 0 Å². The molecule has 1 amide bonds.